The largest absolute Gasteiger partial charge is 0.313 e. The molecule has 0 saturated heterocycles. The SMILES string of the molecule is CN[C@H]1CC[C@@H](c2ccc(Cl)c(Cl)c2)c2ccc(-n3ccnn3)cc21. The highest BCUT2D eigenvalue weighted by atomic mass is 35.5. The first-order valence-electron chi connectivity index (χ1n) is 8.30. The summed E-state index contributed by atoms with van der Waals surface area (Å²) in [6.45, 7) is 0. The van der Waals surface area contributed by atoms with Crippen LogP contribution >= 0.6 is 23.2 Å². The Morgan fingerprint density at radius 2 is 1.92 bits per heavy atom. The van der Waals surface area contributed by atoms with Gasteiger partial charge in [-0.15, -0.1) is 5.10 Å². The van der Waals surface area contributed by atoms with Gasteiger partial charge in [-0.3, -0.25) is 0 Å². The Morgan fingerprint density at radius 1 is 1.04 bits per heavy atom. The Hall–Kier alpha value is -1.88. The van der Waals surface area contributed by atoms with E-state index < -0.39 is 0 Å². The molecular weight excluding hydrogens is 355 g/mol. The fraction of sp³-hybridized carbons (Fsp3) is 0.263. The van der Waals surface area contributed by atoms with E-state index >= 15 is 0 Å². The minimum Gasteiger partial charge on any atom is -0.313 e. The summed E-state index contributed by atoms with van der Waals surface area (Å²) in [6.07, 6.45) is 5.68. The van der Waals surface area contributed by atoms with Crippen molar-refractivity contribution in [3.05, 3.63) is 75.5 Å². The fourth-order valence-electron chi connectivity index (χ4n) is 3.69. The number of rotatable bonds is 3. The summed E-state index contributed by atoms with van der Waals surface area (Å²) >= 11 is 12.3. The average molecular weight is 373 g/mol. The van der Waals surface area contributed by atoms with Gasteiger partial charge >= 0.3 is 0 Å². The second-order valence-electron chi connectivity index (χ2n) is 6.31. The van der Waals surface area contributed by atoms with Crippen LogP contribution in [0.25, 0.3) is 5.69 Å². The second kappa shape index (κ2) is 6.79. The quantitative estimate of drug-likeness (QED) is 0.720. The van der Waals surface area contributed by atoms with Crippen LogP contribution in [0.2, 0.25) is 10.0 Å². The molecule has 0 aliphatic heterocycles. The minimum atomic E-state index is 0.319. The molecule has 0 fully saturated rings. The number of nitrogens with zero attached hydrogens (tertiary/aromatic N) is 3. The second-order valence-corrected chi connectivity index (χ2v) is 7.12. The molecule has 1 N–H and O–H groups in total. The van der Waals surface area contributed by atoms with Crippen molar-refractivity contribution < 1.29 is 0 Å². The standard InChI is InChI=1S/C19H18Cl2N4/c1-22-19-7-5-14(12-2-6-17(20)18(21)10-12)15-4-3-13(11-16(15)19)25-9-8-23-24-25/h2-4,6,8-11,14,19,22H,5,7H2,1H3/t14-,19-/m0/s1. The van der Waals surface area contributed by atoms with Crippen molar-refractivity contribution in [2.24, 2.45) is 0 Å². The highest BCUT2D eigenvalue weighted by molar-refractivity contribution is 6.42. The van der Waals surface area contributed by atoms with Crippen molar-refractivity contribution in [1.82, 2.24) is 20.3 Å². The van der Waals surface area contributed by atoms with E-state index in [4.69, 9.17) is 23.2 Å². The third-order valence-corrected chi connectivity index (χ3v) is 5.69. The molecule has 0 amide bonds. The van der Waals surface area contributed by atoms with Crippen LogP contribution in [-0.4, -0.2) is 22.0 Å². The zero-order valence-corrected chi connectivity index (χ0v) is 15.3. The van der Waals surface area contributed by atoms with Crippen LogP contribution in [0.1, 0.15) is 41.5 Å². The van der Waals surface area contributed by atoms with Crippen molar-refractivity contribution in [2.75, 3.05) is 7.05 Å². The molecule has 2 atom stereocenters. The molecule has 0 unspecified atom stereocenters. The molecule has 1 aromatic heterocycles. The van der Waals surface area contributed by atoms with Crippen LogP contribution in [0.5, 0.6) is 0 Å². The van der Waals surface area contributed by atoms with Gasteiger partial charge < -0.3 is 5.32 Å². The first-order chi connectivity index (χ1) is 12.2. The van der Waals surface area contributed by atoms with E-state index in [1.54, 1.807) is 10.9 Å². The maximum Gasteiger partial charge on any atom is 0.0697 e. The molecular formula is C19H18Cl2N4. The molecule has 0 bridgehead atoms. The summed E-state index contributed by atoms with van der Waals surface area (Å²) < 4.78 is 1.79. The Morgan fingerprint density at radius 3 is 2.64 bits per heavy atom. The van der Waals surface area contributed by atoms with Crippen LogP contribution in [-0.2, 0) is 0 Å². The van der Waals surface area contributed by atoms with Crippen LogP contribution < -0.4 is 5.32 Å². The first-order valence-corrected chi connectivity index (χ1v) is 9.05. The van der Waals surface area contributed by atoms with E-state index in [1.807, 2.05) is 25.4 Å². The maximum absolute atomic E-state index is 6.25. The lowest BCUT2D eigenvalue weighted by atomic mass is 9.76. The van der Waals surface area contributed by atoms with Crippen molar-refractivity contribution in [3.63, 3.8) is 0 Å². The zero-order valence-electron chi connectivity index (χ0n) is 13.8. The predicted molar refractivity (Wildman–Crippen MR) is 101 cm³/mol. The van der Waals surface area contributed by atoms with Gasteiger partial charge in [-0.25, -0.2) is 4.68 Å². The Kier molecular flexibility index (Phi) is 4.50. The van der Waals surface area contributed by atoms with E-state index in [2.05, 4.69) is 39.9 Å². The molecule has 25 heavy (non-hydrogen) atoms. The van der Waals surface area contributed by atoms with Crippen LogP contribution in [0.3, 0.4) is 0 Å². The monoisotopic (exact) mass is 372 g/mol. The molecule has 4 rings (SSSR count). The van der Waals surface area contributed by atoms with Crippen LogP contribution in [0, 0.1) is 0 Å². The van der Waals surface area contributed by atoms with Gasteiger partial charge in [-0.05, 0) is 60.8 Å². The summed E-state index contributed by atoms with van der Waals surface area (Å²) in [5.41, 5.74) is 4.86. The minimum absolute atomic E-state index is 0.319. The molecule has 1 aliphatic carbocycles. The topological polar surface area (TPSA) is 42.7 Å². The van der Waals surface area contributed by atoms with Gasteiger partial charge in [-0.2, -0.15) is 0 Å². The lowest BCUT2D eigenvalue weighted by Crippen LogP contribution is -2.24. The molecule has 3 aromatic rings. The van der Waals surface area contributed by atoms with E-state index in [1.165, 1.54) is 16.7 Å². The van der Waals surface area contributed by atoms with Gasteiger partial charge in [0.05, 0.1) is 28.1 Å². The highest BCUT2D eigenvalue weighted by Gasteiger charge is 2.28. The third kappa shape index (κ3) is 3.06. The normalized spacial score (nSPS) is 19.6. The third-order valence-electron chi connectivity index (χ3n) is 4.95. The van der Waals surface area contributed by atoms with Crippen molar-refractivity contribution in [3.8, 4) is 5.69 Å². The summed E-state index contributed by atoms with van der Waals surface area (Å²) in [5.74, 6) is 0.319. The van der Waals surface area contributed by atoms with Crippen molar-refractivity contribution >= 4 is 23.2 Å². The number of hydrogen-bond donors (Lipinski definition) is 1. The summed E-state index contributed by atoms with van der Waals surface area (Å²) in [7, 11) is 2.01. The van der Waals surface area contributed by atoms with Gasteiger partial charge in [0.2, 0.25) is 0 Å². The Labute approximate surface area is 156 Å². The van der Waals surface area contributed by atoms with Crippen LogP contribution in [0.15, 0.2) is 48.8 Å². The number of nitrogens with one attached hydrogen (secondary N) is 1. The summed E-state index contributed by atoms with van der Waals surface area (Å²) in [6, 6.07) is 12.8. The molecule has 1 aliphatic rings. The number of fused-ring (bicyclic) bond motifs is 1. The van der Waals surface area contributed by atoms with Gasteiger partial charge in [-0.1, -0.05) is 40.5 Å². The summed E-state index contributed by atoms with van der Waals surface area (Å²) in [5, 5.41) is 12.6. The molecule has 128 valence electrons. The molecule has 1 heterocycles. The zero-order chi connectivity index (χ0) is 17.4. The van der Waals surface area contributed by atoms with Gasteiger partial charge in [0.25, 0.3) is 0 Å². The molecule has 2 aromatic carbocycles. The van der Waals surface area contributed by atoms with Gasteiger partial charge in [0.15, 0.2) is 0 Å². The van der Waals surface area contributed by atoms with Crippen molar-refractivity contribution in [1.29, 1.82) is 0 Å². The molecule has 0 saturated carbocycles. The first kappa shape index (κ1) is 16.6. The smallest absolute Gasteiger partial charge is 0.0697 e. The van der Waals surface area contributed by atoms with E-state index in [9.17, 15) is 0 Å². The summed E-state index contributed by atoms with van der Waals surface area (Å²) in [4.78, 5) is 0. The molecule has 4 nitrogen and oxygen atoms in total. The Bertz CT molecular complexity index is 892. The fourth-order valence-corrected chi connectivity index (χ4v) is 4.00. The lowest BCUT2D eigenvalue weighted by molar-refractivity contribution is 0.470. The van der Waals surface area contributed by atoms with Gasteiger partial charge in [0, 0.05) is 12.0 Å². The van der Waals surface area contributed by atoms with Gasteiger partial charge in [0.1, 0.15) is 0 Å². The molecule has 6 heteroatoms. The maximum atomic E-state index is 6.25. The molecule has 0 spiro atoms. The predicted octanol–water partition coefficient (Wildman–Crippen LogP) is 4.76. The number of halogens is 2. The Balaban J connectivity index is 1.80. The van der Waals surface area contributed by atoms with Crippen LogP contribution in [0.4, 0.5) is 0 Å². The number of aromatic nitrogens is 3. The van der Waals surface area contributed by atoms with E-state index in [0.717, 1.165) is 18.5 Å². The van der Waals surface area contributed by atoms with Crippen molar-refractivity contribution in [2.45, 2.75) is 24.8 Å². The number of benzene rings is 2. The lowest BCUT2D eigenvalue weighted by Gasteiger charge is -2.32. The highest BCUT2D eigenvalue weighted by Crippen LogP contribution is 2.42. The number of hydrogen-bond acceptors (Lipinski definition) is 3. The van der Waals surface area contributed by atoms with E-state index in [-0.39, 0.29) is 0 Å². The molecule has 0 radical (unpaired) electrons. The average Bonchev–Trinajstić information content (AvgIpc) is 3.17. The van der Waals surface area contributed by atoms with E-state index in [0.29, 0.717) is 22.0 Å².